The molecule has 0 fully saturated rings. The van der Waals surface area contributed by atoms with Crippen LogP contribution in [0.2, 0.25) is 5.02 Å². The third-order valence-electron chi connectivity index (χ3n) is 7.19. The number of nitrogens with zero attached hydrogens (tertiary/aromatic N) is 2. The van der Waals surface area contributed by atoms with E-state index in [2.05, 4.69) is 41.4 Å². The lowest BCUT2D eigenvalue weighted by atomic mass is 9.94. The van der Waals surface area contributed by atoms with Gasteiger partial charge in [0, 0.05) is 22.7 Å². The summed E-state index contributed by atoms with van der Waals surface area (Å²) in [6, 6.07) is 17.0. The summed E-state index contributed by atoms with van der Waals surface area (Å²) in [6.45, 7) is 4.41. The van der Waals surface area contributed by atoms with E-state index in [-0.39, 0.29) is 17.7 Å². The first kappa shape index (κ1) is 25.7. The summed E-state index contributed by atoms with van der Waals surface area (Å²) in [4.78, 5) is 15.6. The Balaban J connectivity index is 1.56. The molecule has 38 heavy (non-hydrogen) atoms. The number of H-pyrrole nitrogens is 1. The third-order valence-corrected chi connectivity index (χ3v) is 7.60. The number of hydrogen-bond donors (Lipinski definition) is 2. The molecule has 1 aliphatic rings. The van der Waals surface area contributed by atoms with Crippen LogP contribution in [0, 0.1) is 6.92 Å². The highest BCUT2D eigenvalue weighted by Crippen LogP contribution is 2.45. The number of methoxy groups -OCH3 is 2. The second kappa shape index (κ2) is 10.4. The summed E-state index contributed by atoms with van der Waals surface area (Å²) in [5.41, 5.74) is 6.14. The van der Waals surface area contributed by atoms with E-state index in [0.717, 1.165) is 28.7 Å². The van der Waals surface area contributed by atoms with E-state index in [1.807, 2.05) is 30.0 Å². The van der Waals surface area contributed by atoms with Gasteiger partial charge in [-0.15, -0.1) is 0 Å². The second-order valence-electron chi connectivity index (χ2n) is 9.41. The second-order valence-corrected chi connectivity index (χ2v) is 9.82. The molecule has 1 aliphatic heterocycles. The fourth-order valence-electron chi connectivity index (χ4n) is 5.06. The molecule has 0 aliphatic carbocycles. The number of aromatic hydroxyl groups is 1. The van der Waals surface area contributed by atoms with Crippen LogP contribution in [0.1, 0.15) is 51.3 Å². The highest BCUT2D eigenvalue weighted by atomic mass is 35.5. The van der Waals surface area contributed by atoms with Gasteiger partial charge in [-0.25, -0.2) is 0 Å². The van der Waals surface area contributed by atoms with Gasteiger partial charge < -0.3 is 19.5 Å². The van der Waals surface area contributed by atoms with Gasteiger partial charge >= 0.3 is 0 Å². The average Bonchev–Trinajstić information content (AvgIpc) is 3.47. The van der Waals surface area contributed by atoms with Crippen molar-refractivity contribution in [2.24, 2.45) is 0 Å². The first-order chi connectivity index (χ1) is 18.4. The Bertz CT molecular complexity index is 1500. The highest BCUT2D eigenvalue weighted by molar-refractivity contribution is 6.31. The van der Waals surface area contributed by atoms with Crippen LogP contribution in [0.25, 0.3) is 11.3 Å². The lowest BCUT2D eigenvalue weighted by Gasteiger charge is -2.27. The summed E-state index contributed by atoms with van der Waals surface area (Å²) >= 11 is 6.42. The molecule has 2 N–H and O–H groups in total. The monoisotopic (exact) mass is 531 g/mol. The number of aryl methyl sites for hydroxylation is 2. The summed E-state index contributed by atoms with van der Waals surface area (Å²) in [6.07, 6.45) is 1.54. The molecule has 1 aromatic heterocycles. The van der Waals surface area contributed by atoms with Gasteiger partial charge in [-0.3, -0.25) is 9.89 Å². The van der Waals surface area contributed by atoms with E-state index >= 15 is 0 Å². The molecule has 2 heterocycles. The van der Waals surface area contributed by atoms with Crippen molar-refractivity contribution in [3.8, 4) is 28.5 Å². The van der Waals surface area contributed by atoms with E-state index < -0.39 is 0 Å². The van der Waals surface area contributed by atoms with Crippen LogP contribution in [-0.4, -0.2) is 46.9 Å². The van der Waals surface area contributed by atoms with Crippen LogP contribution in [0.5, 0.6) is 17.2 Å². The van der Waals surface area contributed by atoms with Gasteiger partial charge in [0.15, 0.2) is 11.5 Å². The molecule has 0 saturated carbocycles. The van der Waals surface area contributed by atoms with Crippen LogP contribution >= 0.6 is 11.6 Å². The number of ether oxygens (including phenoxy) is 2. The molecule has 8 heteroatoms. The fraction of sp³-hybridized carbons (Fsp3) is 0.267. The number of amides is 1. The van der Waals surface area contributed by atoms with Crippen molar-refractivity contribution in [3.05, 3.63) is 93.1 Å². The topological polar surface area (TPSA) is 87.7 Å². The van der Waals surface area contributed by atoms with E-state index in [1.54, 1.807) is 26.4 Å². The highest BCUT2D eigenvalue weighted by Gasteiger charge is 2.42. The first-order valence-electron chi connectivity index (χ1n) is 12.5. The number of hydrogen-bond acceptors (Lipinski definition) is 5. The van der Waals surface area contributed by atoms with Crippen LogP contribution in [0.4, 0.5) is 0 Å². The van der Waals surface area contributed by atoms with Crippen LogP contribution in [-0.2, 0) is 12.8 Å². The van der Waals surface area contributed by atoms with Gasteiger partial charge in [-0.1, -0.05) is 48.9 Å². The molecule has 1 amide bonds. The summed E-state index contributed by atoms with van der Waals surface area (Å²) in [5.74, 6) is 1.23. The normalized spacial score (nSPS) is 14.6. The maximum atomic E-state index is 13.7. The molecule has 1 atom stereocenters. The lowest BCUT2D eigenvalue weighted by molar-refractivity contribution is 0.0746. The van der Waals surface area contributed by atoms with Crippen molar-refractivity contribution >= 4 is 17.5 Å². The number of carbonyl (C=O) groups is 1. The number of aromatic amines is 1. The third kappa shape index (κ3) is 4.47. The molecule has 0 bridgehead atoms. The zero-order valence-corrected chi connectivity index (χ0v) is 22.6. The molecule has 4 aromatic rings. The fourth-order valence-corrected chi connectivity index (χ4v) is 5.22. The Hall–Kier alpha value is -3.97. The number of aromatic nitrogens is 2. The SMILES string of the molecule is CCc1ccc(C2c3c(-c4cc(Cl)c(C)cc4O)n[nH]c3C(=O)N2CCc2ccc(OC)c(OC)c2)cc1. The van der Waals surface area contributed by atoms with Gasteiger partial charge in [0.1, 0.15) is 17.1 Å². The minimum atomic E-state index is -0.378. The molecular weight excluding hydrogens is 502 g/mol. The Kier molecular flexibility index (Phi) is 7.04. The van der Waals surface area contributed by atoms with Gasteiger partial charge in [0.2, 0.25) is 0 Å². The first-order valence-corrected chi connectivity index (χ1v) is 12.9. The van der Waals surface area contributed by atoms with Crippen molar-refractivity contribution < 1.29 is 19.4 Å². The smallest absolute Gasteiger partial charge is 0.273 e. The maximum Gasteiger partial charge on any atom is 0.273 e. The largest absolute Gasteiger partial charge is 0.507 e. The Morgan fingerprint density at radius 3 is 2.42 bits per heavy atom. The predicted octanol–water partition coefficient (Wildman–Crippen LogP) is 6.11. The molecule has 0 spiro atoms. The van der Waals surface area contributed by atoms with E-state index in [4.69, 9.17) is 21.1 Å². The maximum absolute atomic E-state index is 13.7. The van der Waals surface area contributed by atoms with Crippen molar-refractivity contribution in [2.75, 3.05) is 20.8 Å². The molecular formula is C30H30ClN3O4. The Labute approximate surface area is 227 Å². The quantitative estimate of drug-likeness (QED) is 0.286. The zero-order valence-electron chi connectivity index (χ0n) is 21.8. The molecule has 7 nitrogen and oxygen atoms in total. The number of phenolic OH excluding ortho intramolecular Hbond substituents is 1. The number of rotatable bonds is 8. The minimum absolute atomic E-state index is 0.0671. The predicted molar refractivity (Wildman–Crippen MR) is 147 cm³/mol. The molecule has 5 rings (SSSR count). The summed E-state index contributed by atoms with van der Waals surface area (Å²) < 4.78 is 10.8. The van der Waals surface area contributed by atoms with Crippen molar-refractivity contribution in [1.29, 1.82) is 0 Å². The molecule has 0 saturated heterocycles. The molecule has 3 aromatic carbocycles. The molecule has 1 unspecified atom stereocenters. The van der Waals surface area contributed by atoms with E-state index in [0.29, 0.717) is 46.4 Å². The number of halogens is 1. The summed E-state index contributed by atoms with van der Waals surface area (Å²) in [5, 5.41) is 18.7. The van der Waals surface area contributed by atoms with Gasteiger partial charge in [-0.05, 0) is 66.3 Å². The van der Waals surface area contributed by atoms with Crippen molar-refractivity contribution in [2.45, 2.75) is 32.7 Å². The Morgan fingerprint density at radius 2 is 1.74 bits per heavy atom. The summed E-state index contributed by atoms with van der Waals surface area (Å²) in [7, 11) is 3.21. The van der Waals surface area contributed by atoms with Crippen molar-refractivity contribution in [1.82, 2.24) is 15.1 Å². The number of benzene rings is 3. The molecule has 196 valence electrons. The van der Waals surface area contributed by atoms with Gasteiger partial charge in [0.05, 0.1) is 20.3 Å². The average molecular weight is 532 g/mol. The van der Waals surface area contributed by atoms with Crippen LogP contribution in [0.3, 0.4) is 0 Å². The van der Waals surface area contributed by atoms with E-state index in [1.165, 1.54) is 5.56 Å². The lowest BCUT2D eigenvalue weighted by Crippen LogP contribution is -2.31. The van der Waals surface area contributed by atoms with Gasteiger partial charge in [0.25, 0.3) is 5.91 Å². The number of nitrogens with one attached hydrogen (secondary N) is 1. The molecule has 0 radical (unpaired) electrons. The van der Waals surface area contributed by atoms with Crippen LogP contribution < -0.4 is 9.47 Å². The van der Waals surface area contributed by atoms with Gasteiger partial charge in [-0.2, -0.15) is 5.10 Å². The number of fused-ring (bicyclic) bond motifs is 1. The van der Waals surface area contributed by atoms with E-state index in [9.17, 15) is 9.90 Å². The van der Waals surface area contributed by atoms with Crippen molar-refractivity contribution in [3.63, 3.8) is 0 Å². The van der Waals surface area contributed by atoms with Crippen LogP contribution in [0.15, 0.2) is 54.6 Å². The number of carbonyl (C=O) groups excluding carboxylic acids is 1. The standard InChI is InChI=1S/C30H30ClN3O4/c1-5-18-6-9-20(10-7-18)29-26-27(21-16-22(31)17(2)14-23(21)35)32-33-28(26)30(36)34(29)13-12-19-8-11-24(37-3)25(15-19)38-4/h6-11,14-16,29,35H,5,12-13H2,1-4H3,(H,32,33). The number of phenols is 1. The Morgan fingerprint density at radius 1 is 1.03 bits per heavy atom. The minimum Gasteiger partial charge on any atom is -0.507 e. The zero-order chi connectivity index (χ0) is 27.0.